The molecular weight excluding hydrogens is 314 g/mol. The van der Waals surface area contributed by atoms with E-state index in [1.807, 2.05) is 18.2 Å². The van der Waals surface area contributed by atoms with Crippen molar-refractivity contribution < 1.29 is 19.7 Å². The Morgan fingerprint density at radius 2 is 2.26 bits per heavy atom. The van der Waals surface area contributed by atoms with Gasteiger partial charge in [-0.05, 0) is 40.0 Å². The van der Waals surface area contributed by atoms with Gasteiger partial charge < -0.3 is 20.3 Å². The first-order valence-corrected chi connectivity index (χ1v) is 6.75. The van der Waals surface area contributed by atoms with Gasteiger partial charge in [-0.25, -0.2) is 0 Å². The summed E-state index contributed by atoms with van der Waals surface area (Å²) < 4.78 is 6.01. The molecule has 0 aliphatic rings. The molecule has 1 unspecified atom stereocenters. The monoisotopic (exact) mass is 331 g/mol. The van der Waals surface area contributed by atoms with Crippen molar-refractivity contribution in [3.63, 3.8) is 0 Å². The minimum atomic E-state index is -0.891. The van der Waals surface area contributed by atoms with Gasteiger partial charge in [0, 0.05) is 19.5 Å². The van der Waals surface area contributed by atoms with Crippen molar-refractivity contribution in [3.8, 4) is 5.75 Å². The molecule has 6 heteroatoms. The van der Waals surface area contributed by atoms with Crippen molar-refractivity contribution in [2.45, 2.75) is 25.5 Å². The van der Waals surface area contributed by atoms with Gasteiger partial charge in [0.25, 0.3) is 0 Å². The van der Waals surface area contributed by atoms with Crippen LogP contribution in [0, 0.1) is 0 Å². The average molecular weight is 332 g/mol. The van der Waals surface area contributed by atoms with E-state index in [-0.39, 0.29) is 12.8 Å². The lowest BCUT2D eigenvalue weighted by atomic mass is 10.2. The van der Waals surface area contributed by atoms with Crippen LogP contribution in [0.2, 0.25) is 0 Å². The van der Waals surface area contributed by atoms with E-state index in [1.165, 1.54) is 0 Å². The number of carboxylic acids is 1. The van der Waals surface area contributed by atoms with E-state index < -0.39 is 12.1 Å². The number of methoxy groups -OCH3 is 1. The SMILES string of the molecule is COc1ccc(CNCC(O)CCC(=O)O)cc1Br. The Kier molecular flexibility index (Phi) is 6.83. The number of aliphatic hydroxyl groups is 1. The van der Waals surface area contributed by atoms with E-state index in [9.17, 15) is 9.90 Å². The van der Waals surface area contributed by atoms with Gasteiger partial charge in [0.15, 0.2) is 0 Å². The number of nitrogens with one attached hydrogen (secondary N) is 1. The fourth-order valence-corrected chi connectivity index (χ4v) is 2.18. The molecule has 0 heterocycles. The predicted octanol–water partition coefficient (Wildman–Crippen LogP) is 1.77. The molecule has 1 rings (SSSR count). The maximum Gasteiger partial charge on any atom is 0.303 e. The van der Waals surface area contributed by atoms with E-state index in [2.05, 4.69) is 21.2 Å². The van der Waals surface area contributed by atoms with Crippen molar-refractivity contribution in [2.75, 3.05) is 13.7 Å². The number of hydrogen-bond donors (Lipinski definition) is 3. The number of rotatable bonds is 8. The van der Waals surface area contributed by atoms with Crippen LogP contribution in [0.1, 0.15) is 18.4 Å². The molecule has 0 aromatic heterocycles. The minimum Gasteiger partial charge on any atom is -0.496 e. The Morgan fingerprint density at radius 3 is 2.84 bits per heavy atom. The van der Waals surface area contributed by atoms with Crippen LogP contribution >= 0.6 is 15.9 Å². The van der Waals surface area contributed by atoms with Gasteiger partial charge in [0.1, 0.15) is 5.75 Å². The number of hydrogen-bond acceptors (Lipinski definition) is 4. The zero-order chi connectivity index (χ0) is 14.3. The van der Waals surface area contributed by atoms with Gasteiger partial charge >= 0.3 is 5.97 Å². The van der Waals surface area contributed by atoms with Crippen LogP contribution in [0.25, 0.3) is 0 Å². The van der Waals surface area contributed by atoms with Crippen LogP contribution in [0.4, 0.5) is 0 Å². The van der Waals surface area contributed by atoms with Gasteiger partial charge in [-0.2, -0.15) is 0 Å². The molecule has 0 amide bonds. The molecule has 0 spiro atoms. The summed E-state index contributed by atoms with van der Waals surface area (Å²) in [4.78, 5) is 10.3. The number of carboxylic acid groups (broad SMARTS) is 1. The third-order valence-corrected chi connectivity index (χ3v) is 3.24. The van der Waals surface area contributed by atoms with Crippen molar-refractivity contribution in [1.29, 1.82) is 0 Å². The molecule has 0 radical (unpaired) electrons. The third kappa shape index (κ3) is 6.04. The highest BCUT2D eigenvalue weighted by atomic mass is 79.9. The Hall–Kier alpha value is -1.11. The number of carbonyl (C=O) groups is 1. The van der Waals surface area contributed by atoms with Gasteiger partial charge in [0.2, 0.25) is 0 Å². The molecule has 0 aliphatic carbocycles. The third-order valence-electron chi connectivity index (χ3n) is 2.62. The van der Waals surface area contributed by atoms with Crippen LogP contribution in [-0.2, 0) is 11.3 Å². The lowest BCUT2D eigenvalue weighted by molar-refractivity contribution is -0.137. The van der Waals surface area contributed by atoms with Crippen molar-refractivity contribution in [1.82, 2.24) is 5.32 Å². The highest BCUT2D eigenvalue weighted by Crippen LogP contribution is 2.25. The summed E-state index contributed by atoms with van der Waals surface area (Å²) in [5, 5.41) is 21.1. The quantitative estimate of drug-likeness (QED) is 0.676. The standard InChI is InChI=1S/C13H18BrNO4/c1-19-12-4-2-9(6-11(12)14)7-15-8-10(16)3-5-13(17)18/h2,4,6,10,15-16H,3,5,7-8H2,1H3,(H,17,18). The van der Waals surface area contributed by atoms with Crippen LogP contribution < -0.4 is 10.1 Å². The van der Waals surface area contributed by atoms with Crippen LogP contribution in [-0.4, -0.2) is 35.9 Å². The topological polar surface area (TPSA) is 78.8 Å². The van der Waals surface area contributed by atoms with E-state index in [1.54, 1.807) is 7.11 Å². The zero-order valence-corrected chi connectivity index (χ0v) is 12.3. The predicted molar refractivity (Wildman–Crippen MR) is 75.3 cm³/mol. The molecule has 0 aliphatic heterocycles. The number of halogens is 1. The molecule has 0 fully saturated rings. The van der Waals surface area contributed by atoms with E-state index in [4.69, 9.17) is 9.84 Å². The summed E-state index contributed by atoms with van der Waals surface area (Å²) in [7, 11) is 1.61. The first-order valence-electron chi connectivity index (χ1n) is 5.96. The van der Waals surface area contributed by atoms with Gasteiger partial charge in [0.05, 0.1) is 17.7 Å². The smallest absolute Gasteiger partial charge is 0.303 e. The van der Waals surface area contributed by atoms with Gasteiger partial charge in [-0.3, -0.25) is 4.79 Å². The van der Waals surface area contributed by atoms with Crippen LogP contribution in [0.15, 0.2) is 22.7 Å². The van der Waals surface area contributed by atoms with E-state index >= 15 is 0 Å². The maximum absolute atomic E-state index is 10.3. The van der Waals surface area contributed by atoms with Crippen molar-refractivity contribution >= 4 is 21.9 Å². The van der Waals surface area contributed by atoms with Gasteiger partial charge in [-0.15, -0.1) is 0 Å². The second kappa shape index (κ2) is 8.14. The highest BCUT2D eigenvalue weighted by Gasteiger charge is 2.07. The zero-order valence-electron chi connectivity index (χ0n) is 10.7. The molecule has 0 bridgehead atoms. The summed E-state index contributed by atoms with van der Waals surface area (Å²) in [6.45, 7) is 0.976. The molecule has 1 aromatic rings. The molecule has 0 saturated heterocycles. The lowest BCUT2D eigenvalue weighted by Gasteiger charge is -2.11. The molecule has 5 nitrogen and oxygen atoms in total. The normalized spacial score (nSPS) is 12.2. The number of benzene rings is 1. The summed E-state index contributed by atoms with van der Waals surface area (Å²) in [6, 6.07) is 5.73. The van der Waals surface area contributed by atoms with Crippen LogP contribution in [0.3, 0.4) is 0 Å². The second-order valence-electron chi connectivity index (χ2n) is 4.19. The Morgan fingerprint density at radius 1 is 1.53 bits per heavy atom. The molecule has 1 aromatic carbocycles. The first kappa shape index (κ1) is 15.9. The number of aliphatic hydroxyl groups excluding tert-OH is 1. The Balaban J connectivity index is 2.32. The van der Waals surface area contributed by atoms with Crippen LogP contribution in [0.5, 0.6) is 5.75 Å². The summed E-state index contributed by atoms with van der Waals surface area (Å²) >= 11 is 3.40. The minimum absolute atomic E-state index is 0.0169. The van der Waals surface area contributed by atoms with Crippen molar-refractivity contribution in [2.24, 2.45) is 0 Å². The number of ether oxygens (including phenoxy) is 1. The van der Waals surface area contributed by atoms with Crippen molar-refractivity contribution in [3.05, 3.63) is 28.2 Å². The van der Waals surface area contributed by atoms with Gasteiger partial charge in [-0.1, -0.05) is 6.07 Å². The molecule has 0 saturated carbocycles. The second-order valence-corrected chi connectivity index (χ2v) is 5.04. The Bertz CT molecular complexity index is 425. The van der Waals surface area contributed by atoms with E-state index in [0.29, 0.717) is 13.1 Å². The maximum atomic E-state index is 10.3. The first-order chi connectivity index (χ1) is 9.02. The molecule has 1 atom stereocenters. The summed E-state index contributed by atoms with van der Waals surface area (Å²) in [5.41, 5.74) is 1.05. The highest BCUT2D eigenvalue weighted by molar-refractivity contribution is 9.10. The number of aliphatic carboxylic acids is 1. The summed E-state index contributed by atoms with van der Waals surface area (Å²) in [6.07, 6.45) is -0.399. The fraction of sp³-hybridized carbons (Fsp3) is 0.462. The lowest BCUT2D eigenvalue weighted by Crippen LogP contribution is -2.26. The molecule has 106 valence electrons. The molecular formula is C13H18BrNO4. The molecule has 19 heavy (non-hydrogen) atoms. The molecule has 3 N–H and O–H groups in total. The largest absolute Gasteiger partial charge is 0.496 e. The summed E-state index contributed by atoms with van der Waals surface area (Å²) in [5.74, 6) is -0.122. The Labute approximate surface area is 120 Å². The average Bonchev–Trinajstić information content (AvgIpc) is 2.36. The fourth-order valence-electron chi connectivity index (χ4n) is 1.60. The van der Waals surface area contributed by atoms with E-state index in [0.717, 1.165) is 15.8 Å².